The molecule has 1 aliphatic carbocycles. The summed E-state index contributed by atoms with van der Waals surface area (Å²) >= 11 is 0. The first kappa shape index (κ1) is 11.1. The molecule has 1 heterocycles. The molecule has 1 fully saturated rings. The van der Waals surface area contributed by atoms with Gasteiger partial charge in [-0.15, -0.1) is 0 Å². The Bertz CT molecular complexity index is 411. The Hall–Kier alpha value is -1.02. The fourth-order valence-electron chi connectivity index (χ4n) is 3.03. The molecular weight excluding hydrogens is 210 g/mol. The maximum atomic E-state index is 5.57. The molecule has 2 unspecified atom stereocenters. The number of hydrogen-bond donors (Lipinski definition) is 1. The van der Waals surface area contributed by atoms with Crippen LogP contribution < -0.4 is 10.1 Å². The van der Waals surface area contributed by atoms with Gasteiger partial charge in [0.05, 0.1) is 6.61 Å². The van der Waals surface area contributed by atoms with Crippen LogP contribution in [0.3, 0.4) is 0 Å². The molecule has 1 aromatic carbocycles. The van der Waals surface area contributed by atoms with Gasteiger partial charge in [0.1, 0.15) is 5.75 Å². The molecule has 1 aromatic rings. The van der Waals surface area contributed by atoms with Gasteiger partial charge < -0.3 is 10.1 Å². The fraction of sp³-hybridized carbons (Fsp3) is 0.600. The highest BCUT2D eigenvalue weighted by atomic mass is 16.5. The molecule has 0 radical (unpaired) electrons. The summed E-state index contributed by atoms with van der Waals surface area (Å²) < 4.78 is 5.57. The zero-order valence-corrected chi connectivity index (χ0v) is 10.7. The predicted octanol–water partition coefficient (Wildman–Crippen LogP) is 2.93. The van der Waals surface area contributed by atoms with Crippen molar-refractivity contribution in [3.63, 3.8) is 0 Å². The first-order valence-electron chi connectivity index (χ1n) is 6.72. The Morgan fingerprint density at radius 3 is 2.88 bits per heavy atom. The minimum absolute atomic E-state index is 0.494. The molecule has 0 aromatic heterocycles. The van der Waals surface area contributed by atoms with E-state index in [0.29, 0.717) is 6.04 Å². The molecule has 0 bridgehead atoms. The van der Waals surface area contributed by atoms with Gasteiger partial charge in [-0.1, -0.05) is 19.1 Å². The first-order chi connectivity index (χ1) is 8.29. The summed E-state index contributed by atoms with van der Waals surface area (Å²) in [5, 5.41) is 3.49. The Morgan fingerprint density at radius 1 is 1.35 bits per heavy atom. The van der Waals surface area contributed by atoms with Crippen molar-refractivity contribution in [2.24, 2.45) is 11.8 Å². The molecule has 0 amide bonds. The molecule has 2 aliphatic rings. The minimum atomic E-state index is 0.494. The molecular formula is C15H21NO. The van der Waals surface area contributed by atoms with E-state index in [2.05, 4.69) is 37.5 Å². The average Bonchev–Trinajstić information content (AvgIpc) is 3.09. The molecule has 1 N–H and O–H groups in total. The lowest BCUT2D eigenvalue weighted by atomic mass is 9.89. The summed E-state index contributed by atoms with van der Waals surface area (Å²) in [6.45, 7) is 3.23. The van der Waals surface area contributed by atoms with Crippen LogP contribution in [0.1, 0.15) is 36.9 Å². The minimum Gasteiger partial charge on any atom is -0.493 e. The smallest absolute Gasteiger partial charge is 0.122 e. The third-order valence-electron chi connectivity index (χ3n) is 4.27. The van der Waals surface area contributed by atoms with E-state index < -0.39 is 0 Å². The van der Waals surface area contributed by atoms with Crippen LogP contribution in [0.5, 0.6) is 5.75 Å². The van der Waals surface area contributed by atoms with Gasteiger partial charge >= 0.3 is 0 Å². The third-order valence-corrected chi connectivity index (χ3v) is 4.27. The second-order valence-corrected chi connectivity index (χ2v) is 5.43. The van der Waals surface area contributed by atoms with Crippen LogP contribution in [0.25, 0.3) is 0 Å². The summed E-state index contributed by atoms with van der Waals surface area (Å²) in [5.74, 6) is 2.75. The predicted molar refractivity (Wildman–Crippen MR) is 69.3 cm³/mol. The molecule has 2 nitrogen and oxygen atoms in total. The molecule has 1 aliphatic heterocycles. The molecule has 2 heteroatoms. The van der Waals surface area contributed by atoms with E-state index in [-0.39, 0.29) is 0 Å². The van der Waals surface area contributed by atoms with Gasteiger partial charge in [-0.05, 0) is 48.9 Å². The highest BCUT2D eigenvalue weighted by Gasteiger charge is 2.33. The molecule has 17 heavy (non-hydrogen) atoms. The average molecular weight is 231 g/mol. The number of fused-ring (bicyclic) bond motifs is 1. The lowest BCUT2D eigenvalue weighted by molar-refractivity contribution is 0.356. The number of ether oxygens (including phenoxy) is 1. The van der Waals surface area contributed by atoms with E-state index >= 15 is 0 Å². The van der Waals surface area contributed by atoms with E-state index in [1.54, 1.807) is 0 Å². The van der Waals surface area contributed by atoms with Crippen molar-refractivity contribution in [3.8, 4) is 5.75 Å². The zero-order chi connectivity index (χ0) is 11.8. The van der Waals surface area contributed by atoms with Crippen molar-refractivity contribution in [1.82, 2.24) is 5.32 Å². The highest BCUT2D eigenvalue weighted by Crippen LogP contribution is 2.43. The molecule has 0 saturated heterocycles. The summed E-state index contributed by atoms with van der Waals surface area (Å²) in [4.78, 5) is 0. The van der Waals surface area contributed by atoms with Crippen LogP contribution >= 0.6 is 0 Å². The van der Waals surface area contributed by atoms with Crippen LogP contribution in [0, 0.1) is 11.8 Å². The van der Waals surface area contributed by atoms with Crippen LogP contribution in [-0.2, 0) is 6.42 Å². The molecule has 1 saturated carbocycles. The Labute approximate surface area is 103 Å². The van der Waals surface area contributed by atoms with E-state index in [9.17, 15) is 0 Å². The van der Waals surface area contributed by atoms with Gasteiger partial charge in [-0.3, -0.25) is 0 Å². The second-order valence-electron chi connectivity index (χ2n) is 5.43. The van der Waals surface area contributed by atoms with Crippen LogP contribution in [0.4, 0.5) is 0 Å². The van der Waals surface area contributed by atoms with Gasteiger partial charge in [-0.25, -0.2) is 0 Å². The van der Waals surface area contributed by atoms with E-state index in [1.807, 2.05) is 0 Å². The van der Waals surface area contributed by atoms with E-state index in [4.69, 9.17) is 4.74 Å². The monoisotopic (exact) mass is 231 g/mol. The Balaban J connectivity index is 1.85. The van der Waals surface area contributed by atoms with Gasteiger partial charge in [-0.2, -0.15) is 0 Å². The van der Waals surface area contributed by atoms with Crippen molar-refractivity contribution in [1.29, 1.82) is 0 Å². The maximum Gasteiger partial charge on any atom is 0.122 e. The highest BCUT2D eigenvalue weighted by molar-refractivity contribution is 5.41. The van der Waals surface area contributed by atoms with E-state index in [1.165, 1.54) is 24.0 Å². The van der Waals surface area contributed by atoms with Crippen molar-refractivity contribution in [2.75, 3.05) is 13.7 Å². The van der Waals surface area contributed by atoms with Gasteiger partial charge in [0.2, 0.25) is 0 Å². The Kier molecular flexibility index (Phi) is 2.83. The molecule has 0 spiro atoms. The normalized spacial score (nSPS) is 21.8. The maximum absolute atomic E-state index is 5.57. The second kappa shape index (κ2) is 4.34. The van der Waals surface area contributed by atoms with Crippen LogP contribution in [-0.4, -0.2) is 13.7 Å². The largest absolute Gasteiger partial charge is 0.493 e. The standard InChI is InChI=1S/C15H21NO/c1-10(11-3-4-11)15(16-2)13-5-6-14-12(9-13)7-8-17-14/h5-6,9-11,15-16H,3-4,7-8H2,1-2H3. The molecule has 92 valence electrons. The quantitative estimate of drug-likeness (QED) is 0.860. The van der Waals surface area contributed by atoms with Crippen molar-refractivity contribution >= 4 is 0 Å². The van der Waals surface area contributed by atoms with Crippen molar-refractivity contribution in [3.05, 3.63) is 29.3 Å². The van der Waals surface area contributed by atoms with Crippen LogP contribution in [0.2, 0.25) is 0 Å². The number of rotatable bonds is 4. The summed E-state index contributed by atoms with van der Waals surface area (Å²) in [6, 6.07) is 7.20. The summed E-state index contributed by atoms with van der Waals surface area (Å²) in [6.07, 6.45) is 3.89. The Morgan fingerprint density at radius 2 is 2.18 bits per heavy atom. The van der Waals surface area contributed by atoms with E-state index in [0.717, 1.165) is 30.6 Å². The topological polar surface area (TPSA) is 21.3 Å². The summed E-state index contributed by atoms with van der Waals surface area (Å²) in [7, 11) is 2.08. The van der Waals surface area contributed by atoms with Gasteiger partial charge in [0, 0.05) is 12.5 Å². The summed E-state index contributed by atoms with van der Waals surface area (Å²) in [5.41, 5.74) is 2.81. The number of benzene rings is 1. The molecule has 2 atom stereocenters. The van der Waals surface area contributed by atoms with Crippen molar-refractivity contribution < 1.29 is 4.74 Å². The first-order valence-corrected chi connectivity index (χ1v) is 6.72. The van der Waals surface area contributed by atoms with Gasteiger partial charge in [0.25, 0.3) is 0 Å². The zero-order valence-electron chi connectivity index (χ0n) is 10.7. The number of hydrogen-bond acceptors (Lipinski definition) is 2. The van der Waals surface area contributed by atoms with Gasteiger partial charge in [0.15, 0.2) is 0 Å². The lowest BCUT2D eigenvalue weighted by Crippen LogP contribution is -2.24. The SMILES string of the molecule is CNC(c1ccc2c(c1)CCO2)C(C)C1CC1. The number of nitrogens with one attached hydrogen (secondary N) is 1. The molecule has 3 rings (SSSR count). The van der Waals surface area contributed by atoms with Crippen molar-refractivity contribution in [2.45, 2.75) is 32.2 Å². The fourth-order valence-corrected chi connectivity index (χ4v) is 3.03. The lowest BCUT2D eigenvalue weighted by Gasteiger charge is -2.24. The third kappa shape index (κ3) is 2.06. The van der Waals surface area contributed by atoms with Crippen LogP contribution in [0.15, 0.2) is 18.2 Å².